The number of aliphatic hydroxyl groups excluding tert-OH is 1. The number of para-hydroxylation sites is 1. The quantitative estimate of drug-likeness (QED) is 0.269. The number of carbonyl (C=O) groups excluding carboxylic acids is 1. The molecule has 3 aromatic heterocycles. The van der Waals surface area contributed by atoms with Crippen molar-refractivity contribution in [2.24, 2.45) is 5.73 Å². The Labute approximate surface area is 226 Å². The summed E-state index contributed by atoms with van der Waals surface area (Å²) in [6.07, 6.45) is 0.428. The average Bonchev–Trinajstić information content (AvgIpc) is 3.35. The van der Waals surface area contributed by atoms with E-state index in [9.17, 15) is 23.1 Å². The van der Waals surface area contributed by atoms with Gasteiger partial charge >= 0.3 is 6.18 Å². The number of hydrogen-bond donors (Lipinski definition) is 3. The van der Waals surface area contributed by atoms with E-state index in [1.165, 1.54) is 24.4 Å². The van der Waals surface area contributed by atoms with Crippen molar-refractivity contribution < 1.29 is 23.1 Å². The van der Waals surface area contributed by atoms with Crippen molar-refractivity contribution in [3.05, 3.63) is 78.2 Å². The number of anilines is 1. The molecule has 1 aliphatic carbocycles. The van der Waals surface area contributed by atoms with Gasteiger partial charge in [-0.25, -0.2) is 9.67 Å². The van der Waals surface area contributed by atoms with Gasteiger partial charge in [-0.3, -0.25) is 9.78 Å². The number of nitrogens with two attached hydrogens (primary N) is 1. The first kappa shape index (κ1) is 25.8. The molecule has 0 unspecified atom stereocenters. The van der Waals surface area contributed by atoms with E-state index in [1.807, 2.05) is 24.3 Å². The Bertz CT molecular complexity index is 1740. The SMILES string of the molecule is NC(=O)c1ccc(-n2nc(C(F)(F)F)c3c(-c4cnc5ccccc5c4)ccnc32)cc1N[C@H]1CC[C@H](O)CC1. The number of alkyl halides is 3. The number of halogens is 3. The molecular formula is C29H25F3N6O2. The van der Waals surface area contributed by atoms with Crippen LogP contribution in [0.4, 0.5) is 18.9 Å². The van der Waals surface area contributed by atoms with Gasteiger partial charge in [-0.1, -0.05) is 18.2 Å². The minimum absolute atomic E-state index is 0.0107. The standard InChI is InChI=1S/C29H25F3N6O2/c30-29(31,32)26-25-21(17-13-16-3-1-2-4-23(16)35-15-17)11-12-34-28(25)38(37-26)19-7-10-22(27(33)40)24(14-19)36-18-5-8-20(39)9-6-18/h1-4,7,10-15,18,20,36,39H,5-6,8-9H2,(H2,33,40)/t18-,20-. The fraction of sp³-hybridized carbons (Fsp3) is 0.241. The lowest BCUT2D eigenvalue weighted by Gasteiger charge is -2.27. The maximum atomic E-state index is 14.4. The van der Waals surface area contributed by atoms with Gasteiger partial charge in [0.1, 0.15) is 0 Å². The molecule has 5 aromatic rings. The van der Waals surface area contributed by atoms with Gasteiger partial charge in [-0.2, -0.15) is 18.3 Å². The number of aromatic nitrogens is 4. The third-order valence-corrected chi connectivity index (χ3v) is 7.31. The molecule has 8 nitrogen and oxygen atoms in total. The van der Waals surface area contributed by atoms with Gasteiger partial charge in [0.05, 0.1) is 28.3 Å². The van der Waals surface area contributed by atoms with E-state index < -0.39 is 17.8 Å². The van der Waals surface area contributed by atoms with Crippen LogP contribution in [0.3, 0.4) is 0 Å². The molecule has 1 aliphatic rings. The van der Waals surface area contributed by atoms with Crippen LogP contribution in [0.15, 0.2) is 67.0 Å². The van der Waals surface area contributed by atoms with Crippen LogP contribution < -0.4 is 11.1 Å². The van der Waals surface area contributed by atoms with Crippen molar-refractivity contribution in [3.8, 4) is 16.8 Å². The molecule has 1 saturated carbocycles. The van der Waals surface area contributed by atoms with Crippen molar-refractivity contribution in [1.82, 2.24) is 19.7 Å². The topological polar surface area (TPSA) is 119 Å². The lowest BCUT2D eigenvalue weighted by Crippen LogP contribution is -2.29. The van der Waals surface area contributed by atoms with E-state index in [2.05, 4.69) is 20.4 Å². The lowest BCUT2D eigenvalue weighted by molar-refractivity contribution is -0.140. The predicted octanol–water partition coefficient (Wildman–Crippen LogP) is 5.47. The van der Waals surface area contributed by atoms with Gasteiger partial charge in [0, 0.05) is 35.1 Å². The summed E-state index contributed by atoms with van der Waals surface area (Å²) in [6.45, 7) is 0. The van der Waals surface area contributed by atoms with Gasteiger partial charge in [0.2, 0.25) is 0 Å². The highest BCUT2D eigenvalue weighted by Gasteiger charge is 2.39. The molecule has 0 aliphatic heterocycles. The van der Waals surface area contributed by atoms with Crippen LogP contribution in [0.25, 0.3) is 38.8 Å². The number of nitrogens with one attached hydrogen (secondary N) is 1. The molecular weight excluding hydrogens is 521 g/mol. The molecule has 0 saturated heterocycles. The summed E-state index contributed by atoms with van der Waals surface area (Å²) in [7, 11) is 0. The largest absolute Gasteiger partial charge is 0.435 e. The van der Waals surface area contributed by atoms with Crippen LogP contribution in [0.2, 0.25) is 0 Å². The highest BCUT2D eigenvalue weighted by Crippen LogP contribution is 2.40. The van der Waals surface area contributed by atoms with Gasteiger partial charge < -0.3 is 16.2 Å². The number of amides is 1. The van der Waals surface area contributed by atoms with Crippen molar-refractivity contribution in [2.45, 2.75) is 44.0 Å². The summed E-state index contributed by atoms with van der Waals surface area (Å²) in [5.74, 6) is -0.671. The summed E-state index contributed by atoms with van der Waals surface area (Å²) in [5, 5.41) is 17.8. The Morgan fingerprint density at radius 1 is 1.02 bits per heavy atom. The third-order valence-electron chi connectivity index (χ3n) is 7.31. The van der Waals surface area contributed by atoms with Crippen molar-refractivity contribution in [3.63, 3.8) is 0 Å². The number of rotatable bonds is 5. The van der Waals surface area contributed by atoms with Gasteiger partial charge in [-0.05, 0) is 67.6 Å². The minimum Gasteiger partial charge on any atom is -0.393 e. The van der Waals surface area contributed by atoms with Crippen LogP contribution >= 0.6 is 0 Å². The molecule has 0 bridgehead atoms. The number of pyridine rings is 2. The lowest BCUT2D eigenvalue weighted by atomic mass is 9.92. The zero-order chi connectivity index (χ0) is 28.0. The highest BCUT2D eigenvalue weighted by atomic mass is 19.4. The Hall–Kier alpha value is -4.51. The van der Waals surface area contributed by atoms with Gasteiger partial charge in [0.15, 0.2) is 11.3 Å². The molecule has 4 N–H and O–H groups in total. The number of fused-ring (bicyclic) bond motifs is 2. The highest BCUT2D eigenvalue weighted by molar-refractivity contribution is 6.00. The molecule has 6 rings (SSSR count). The van der Waals surface area contributed by atoms with Crippen LogP contribution in [-0.2, 0) is 6.18 Å². The molecule has 1 fully saturated rings. The summed E-state index contributed by atoms with van der Waals surface area (Å²) < 4.78 is 44.3. The van der Waals surface area contributed by atoms with Crippen LogP contribution in [0.1, 0.15) is 41.7 Å². The Morgan fingerprint density at radius 2 is 1.80 bits per heavy atom. The molecule has 204 valence electrons. The molecule has 1 amide bonds. The summed E-state index contributed by atoms with van der Waals surface area (Å²) in [4.78, 5) is 20.9. The number of hydrogen-bond acceptors (Lipinski definition) is 6. The molecule has 3 heterocycles. The van der Waals surface area contributed by atoms with E-state index in [0.29, 0.717) is 42.5 Å². The number of aliphatic hydroxyl groups is 1. The maximum absolute atomic E-state index is 14.4. The predicted molar refractivity (Wildman–Crippen MR) is 145 cm³/mol. The van der Waals surface area contributed by atoms with Crippen molar-refractivity contribution in [2.75, 3.05) is 5.32 Å². The number of carbonyl (C=O) groups is 1. The number of primary amides is 1. The first-order chi connectivity index (χ1) is 19.2. The second-order valence-electron chi connectivity index (χ2n) is 9.98. The van der Waals surface area contributed by atoms with Gasteiger partial charge in [0.25, 0.3) is 5.91 Å². The third kappa shape index (κ3) is 4.73. The fourth-order valence-electron chi connectivity index (χ4n) is 5.32. The van der Waals surface area contributed by atoms with Crippen molar-refractivity contribution >= 4 is 33.5 Å². The van der Waals surface area contributed by atoms with Crippen LogP contribution in [-0.4, -0.2) is 42.9 Å². The fourth-order valence-corrected chi connectivity index (χ4v) is 5.32. The summed E-state index contributed by atoms with van der Waals surface area (Å²) >= 11 is 0. The van der Waals surface area contributed by atoms with E-state index in [-0.39, 0.29) is 34.4 Å². The summed E-state index contributed by atoms with van der Waals surface area (Å²) in [5.41, 5.74) is 6.94. The number of nitrogens with zero attached hydrogens (tertiary/aromatic N) is 4. The van der Waals surface area contributed by atoms with Crippen LogP contribution in [0, 0.1) is 0 Å². The van der Waals surface area contributed by atoms with Gasteiger partial charge in [-0.15, -0.1) is 0 Å². The monoisotopic (exact) mass is 546 g/mol. The Morgan fingerprint density at radius 3 is 2.55 bits per heavy atom. The second-order valence-corrected chi connectivity index (χ2v) is 9.98. The molecule has 2 aromatic carbocycles. The molecule has 40 heavy (non-hydrogen) atoms. The second kappa shape index (κ2) is 9.91. The minimum atomic E-state index is -4.76. The summed E-state index contributed by atoms with van der Waals surface area (Å²) in [6, 6.07) is 15.2. The van der Waals surface area contributed by atoms with E-state index in [0.717, 1.165) is 15.6 Å². The Balaban J connectivity index is 1.50. The normalized spacial score (nSPS) is 17.8. The maximum Gasteiger partial charge on any atom is 0.435 e. The van der Waals surface area contributed by atoms with E-state index in [4.69, 9.17) is 5.73 Å². The van der Waals surface area contributed by atoms with Crippen LogP contribution in [0.5, 0.6) is 0 Å². The van der Waals surface area contributed by atoms with Crippen molar-refractivity contribution in [1.29, 1.82) is 0 Å². The zero-order valence-electron chi connectivity index (χ0n) is 21.2. The van der Waals surface area contributed by atoms with E-state index in [1.54, 1.807) is 18.3 Å². The van der Waals surface area contributed by atoms with E-state index >= 15 is 0 Å². The smallest absolute Gasteiger partial charge is 0.393 e. The zero-order valence-corrected chi connectivity index (χ0v) is 21.2. The first-order valence-corrected chi connectivity index (χ1v) is 12.9. The molecule has 0 atom stereocenters. The molecule has 0 radical (unpaired) electrons. The molecule has 0 spiro atoms. The average molecular weight is 547 g/mol. The molecule has 11 heteroatoms. The number of benzene rings is 2. The first-order valence-electron chi connectivity index (χ1n) is 12.9. The Kier molecular flexibility index (Phi) is 6.38.